The van der Waals surface area contributed by atoms with Crippen LogP contribution in [0.4, 0.5) is 8.78 Å². The van der Waals surface area contributed by atoms with Gasteiger partial charge in [0.25, 0.3) is 11.8 Å². The van der Waals surface area contributed by atoms with E-state index >= 15 is 0 Å². The zero-order valence-electron chi connectivity index (χ0n) is 36.0. The van der Waals surface area contributed by atoms with Gasteiger partial charge in [-0.15, -0.1) is 0 Å². The van der Waals surface area contributed by atoms with E-state index < -0.39 is 71.6 Å². The highest BCUT2D eigenvalue weighted by Crippen LogP contribution is 2.21. The third kappa shape index (κ3) is 17.0. The molecule has 1 saturated heterocycles. The summed E-state index contributed by atoms with van der Waals surface area (Å²) in [5.74, 6) is -5.32. The number of hydrogen-bond donors (Lipinski definition) is 4. The SMILES string of the molecule is CNC(C(=O)NC(Cc1ccc(F)c(F)c1)C(=O)N1CCCC(C(=O)O[C@@H](C/C=C/C=C/CC(C)C(O)C(C=O)CCC(C)=O)/C(C)=C/C=C/C(=O)N(C)OC)N1)C(C)C. The van der Waals surface area contributed by atoms with Crippen molar-refractivity contribution in [1.29, 1.82) is 0 Å². The first-order valence-corrected chi connectivity index (χ1v) is 20.2. The van der Waals surface area contributed by atoms with Crippen LogP contribution in [-0.2, 0) is 44.8 Å². The smallest absolute Gasteiger partial charge is 0.325 e. The number of rotatable bonds is 24. The number of carbonyl (C=O) groups excluding carboxylic acids is 6. The van der Waals surface area contributed by atoms with Crippen molar-refractivity contribution in [2.45, 2.75) is 110 Å². The number of aliphatic hydroxyl groups is 1. The topological polar surface area (TPSA) is 184 Å². The number of nitrogens with one attached hydrogen (secondary N) is 3. The Morgan fingerprint density at radius 3 is 2.33 bits per heavy atom. The molecule has 3 amide bonds. The Kier molecular flexibility index (Phi) is 22.5. The van der Waals surface area contributed by atoms with Crippen LogP contribution in [0, 0.1) is 29.4 Å². The van der Waals surface area contributed by atoms with Crippen LogP contribution in [0.25, 0.3) is 0 Å². The second kappa shape index (κ2) is 26.3. The predicted molar refractivity (Wildman–Crippen MR) is 222 cm³/mol. The van der Waals surface area contributed by atoms with Gasteiger partial charge < -0.3 is 30.1 Å². The molecule has 332 valence electrons. The molecule has 0 saturated carbocycles. The van der Waals surface area contributed by atoms with Crippen molar-refractivity contribution in [3.8, 4) is 0 Å². The minimum atomic E-state index is -1.19. The number of halogens is 2. The summed E-state index contributed by atoms with van der Waals surface area (Å²) in [4.78, 5) is 81.0. The Hall–Kier alpha value is -4.90. The number of nitrogens with zero attached hydrogens (tertiary/aromatic N) is 2. The molecule has 6 unspecified atom stereocenters. The largest absolute Gasteiger partial charge is 0.456 e. The molecular weight excluding hydrogens is 781 g/mol. The number of aldehydes is 1. The Bertz CT molecular complexity index is 1730. The van der Waals surface area contributed by atoms with Gasteiger partial charge in [-0.25, -0.2) is 19.3 Å². The molecule has 1 heterocycles. The van der Waals surface area contributed by atoms with Crippen molar-refractivity contribution in [3.05, 3.63) is 83.5 Å². The predicted octanol–water partition coefficient (Wildman–Crippen LogP) is 4.24. The number of benzene rings is 1. The van der Waals surface area contributed by atoms with Gasteiger partial charge in [-0.2, -0.15) is 0 Å². The van der Waals surface area contributed by atoms with Gasteiger partial charge in [0.15, 0.2) is 11.6 Å². The van der Waals surface area contributed by atoms with E-state index in [1.54, 1.807) is 38.3 Å². The summed E-state index contributed by atoms with van der Waals surface area (Å²) in [6.07, 6.45) is 12.3. The van der Waals surface area contributed by atoms with E-state index in [0.29, 0.717) is 31.1 Å². The highest BCUT2D eigenvalue weighted by atomic mass is 19.2. The molecule has 7 atom stereocenters. The van der Waals surface area contributed by atoms with E-state index in [-0.39, 0.29) is 55.4 Å². The quantitative estimate of drug-likeness (QED) is 0.0384. The molecule has 1 aromatic rings. The molecule has 0 spiro atoms. The lowest BCUT2D eigenvalue weighted by atomic mass is 9.87. The summed E-state index contributed by atoms with van der Waals surface area (Å²) in [5.41, 5.74) is 3.84. The zero-order chi connectivity index (χ0) is 44.9. The normalized spacial score (nSPS) is 18.0. The maximum absolute atomic E-state index is 14.2. The third-order valence-electron chi connectivity index (χ3n) is 10.3. The van der Waals surface area contributed by atoms with Crippen LogP contribution in [0.15, 0.2) is 66.3 Å². The Balaban J connectivity index is 2.26. The van der Waals surface area contributed by atoms with Crippen molar-refractivity contribution in [2.75, 3.05) is 27.7 Å². The summed E-state index contributed by atoms with van der Waals surface area (Å²) in [6.45, 7) is 8.87. The molecular formula is C44H63F2N5O9. The summed E-state index contributed by atoms with van der Waals surface area (Å²) in [5, 5.41) is 18.6. The van der Waals surface area contributed by atoms with Gasteiger partial charge in [0.2, 0.25) is 5.91 Å². The molecule has 1 aromatic carbocycles. The number of ketones is 1. The average Bonchev–Trinajstić information content (AvgIpc) is 3.21. The number of carbonyl (C=O) groups is 6. The van der Waals surface area contributed by atoms with E-state index in [1.165, 1.54) is 44.3 Å². The number of allylic oxidation sites excluding steroid dienone is 5. The molecule has 60 heavy (non-hydrogen) atoms. The summed E-state index contributed by atoms with van der Waals surface area (Å²) >= 11 is 0. The van der Waals surface area contributed by atoms with Crippen molar-refractivity contribution < 1.29 is 52.2 Å². The van der Waals surface area contributed by atoms with Crippen LogP contribution in [0.1, 0.15) is 78.7 Å². The standard InChI is InChI=1S/C44H63F2N5O9/c1-28(2)40(47-6)42(56)48-37(26-32-21-23-34(45)35(46)25-32)43(57)51-24-14-17-36(49-51)44(58)60-38(29(3)16-13-19-39(54)50(7)59-8)18-12-10-9-11-15-30(4)41(55)33(27-52)22-20-31(5)53/h9-13,16,19,21,23,25,27-28,30,33,36-38,40-41,47,49,55H,14-15,17-18,20,22,24,26H2,1-8H3,(H,48,56)/b11-9+,12-10+,19-13+,29-16+/t30?,33?,36?,37?,38-,40?,41?/m0/s1. The third-order valence-corrected chi connectivity index (χ3v) is 10.3. The molecule has 16 heteroatoms. The van der Waals surface area contributed by atoms with Gasteiger partial charge >= 0.3 is 5.97 Å². The summed E-state index contributed by atoms with van der Waals surface area (Å²) in [6, 6.07) is 0.478. The lowest BCUT2D eigenvalue weighted by Gasteiger charge is -2.36. The highest BCUT2D eigenvalue weighted by molar-refractivity contribution is 5.90. The molecule has 0 radical (unpaired) electrons. The van der Waals surface area contributed by atoms with E-state index in [1.807, 2.05) is 26.8 Å². The lowest BCUT2D eigenvalue weighted by Crippen LogP contribution is -2.61. The first-order chi connectivity index (χ1) is 28.4. The fraction of sp³-hybridized carbons (Fsp3) is 0.545. The molecule has 2 rings (SSSR count). The van der Waals surface area contributed by atoms with Gasteiger partial charge in [0.05, 0.1) is 19.3 Å². The second-order valence-electron chi connectivity index (χ2n) is 15.4. The summed E-state index contributed by atoms with van der Waals surface area (Å²) < 4.78 is 33.9. The van der Waals surface area contributed by atoms with E-state index in [9.17, 15) is 42.7 Å². The van der Waals surface area contributed by atoms with Gasteiger partial charge in [-0.3, -0.25) is 29.0 Å². The fourth-order valence-electron chi connectivity index (χ4n) is 6.47. The van der Waals surface area contributed by atoms with Gasteiger partial charge in [-0.05, 0) is 81.7 Å². The zero-order valence-corrected chi connectivity index (χ0v) is 36.0. The second-order valence-corrected chi connectivity index (χ2v) is 15.4. The number of aliphatic hydroxyl groups excluding tert-OH is 1. The molecule has 0 aliphatic carbocycles. The number of likely N-dealkylation sites (N-methyl/N-ethyl adjacent to an activating group) is 2. The maximum atomic E-state index is 14.2. The number of hydroxylamine groups is 2. The van der Waals surface area contributed by atoms with Crippen LogP contribution in [0.2, 0.25) is 0 Å². The first-order valence-electron chi connectivity index (χ1n) is 20.2. The molecule has 1 aliphatic heterocycles. The van der Waals surface area contributed by atoms with E-state index in [4.69, 9.17) is 9.57 Å². The van der Waals surface area contributed by atoms with Gasteiger partial charge in [0.1, 0.15) is 30.3 Å². The molecule has 1 aliphatic rings. The van der Waals surface area contributed by atoms with Crippen LogP contribution in [0.5, 0.6) is 0 Å². The fourth-order valence-corrected chi connectivity index (χ4v) is 6.47. The molecule has 4 N–H and O–H groups in total. The molecule has 1 fully saturated rings. The molecule has 0 bridgehead atoms. The Morgan fingerprint density at radius 1 is 1.05 bits per heavy atom. The number of Topliss-reactive ketones (excluding diaryl/α,β-unsaturated/α-hetero) is 1. The Morgan fingerprint density at radius 2 is 1.73 bits per heavy atom. The van der Waals surface area contributed by atoms with Crippen LogP contribution >= 0.6 is 0 Å². The van der Waals surface area contributed by atoms with Crippen molar-refractivity contribution >= 4 is 35.8 Å². The minimum absolute atomic E-state index is 0.0497. The average molecular weight is 844 g/mol. The Labute approximate surface area is 352 Å². The number of hydrogen-bond acceptors (Lipinski definition) is 11. The molecule has 0 aromatic heterocycles. The first kappa shape index (κ1) is 51.2. The highest BCUT2D eigenvalue weighted by Gasteiger charge is 2.35. The van der Waals surface area contributed by atoms with E-state index in [2.05, 4.69) is 16.1 Å². The molecule has 14 nitrogen and oxygen atoms in total. The van der Waals surface area contributed by atoms with Crippen LogP contribution in [-0.4, -0.2) is 109 Å². The van der Waals surface area contributed by atoms with Gasteiger partial charge in [-0.1, -0.05) is 63.3 Å². The van der Waals surface area contributed by atoms with Gasteiger partial charge in [0, 0.05) is 44.8 Å². The van der Waals surface area contributed by atoms with Crippen LogP contribution < -0.4 is 16.1 Å². The number of amides is 3. The maximum Gasteiger partial charge on any atom is 0.325 e. The van der Waals surface area contributed by atoms with Crippen molar-refractivity contribution in [2.24, 2.45) is 17.8 Å². The number of esters is 1. The van der Waals surface area contributed by atoms with E-state index in [0.717, 1.165) is 17.2 Å². The summed E-state index contributed by atoms with van der Waals surface area (Å²) in [7, 11) is 4.43. The van der Waals surface area contributed by atoms with Crippen molar-refractivity contribution in [1.82, 2.24) is 26.1 Å². The monoisotopic (exact) mass is 843 g/mol. The number of ether oxygens (including phenoxy) is 1. The van der Waals surface area contributed by atoms with Crippen molar-refractivity contribution in [3.63, 3.8) is 0 Å². The van der Waals surface area contributed by atoms with Crippen LogP contribution in [0.3, 0.4) is 0 Å². The lowest BCUT2D eigenvalue weighted by molar-refractivity contribution is -0.162. The minimum Gasteiger partial charge on any atom is -0.456 e. The number of hydrazine groups is 1.